The lowest BCUT2D eigenvalue weighted by molar-refractivity contribution is -0.137. The molecule has 2 amide bonds. The summed E-state index contributed by atoms with van der Waals surface area (Å²) < 4.78 is 17.8. The number of aliphatic hydroxyl groups excluding tert-OH is 1. The molecule has 14 heteroatoms. The highest BCUT2D eigenvalue weighted by Gasteiger charge is 2.40. The predicted octanol–water partition coefficient (Wildman–Crippen LogP) is 4.04. The van der Waals surface area contributed by atoms with E-state index in [4.69, 9.17) is 11.6 Å². The number of alkyl halides is 1. The lowest BCUT2D eigenvalue weighted by Gasteiger charge is -2.24. The molecule has 3 atom stereocenters. The van der Waals surface area contributed by atoms with Gasteiger partial charge >= 0.3 is 0 Å². The van der Waals surface area contributed by atoms with Crippen LogP contribution >= 0.6 is 11.6 Å². The summed E-state index contributed by atoms with van der Waals surface area (Å²) >= 11 is 6.38. The van der Waals surface area contributed by atoms with Crippen LogP contribution in [0, 0.1) is 0 Å². The molecule has 0 bridgehead atoms. The van der Waals surface area contributed by atoms with Gasteiger partial charge in [0.2, 0.25) is 11.8 Å². The second-order valence-electron chi connectivity index (χ2n) is 10.2. The number of hydrogen-bond acceptors (Lipinski definition) is 8. The number of aliphatic hydroxyl groups is 1. The number of carbonyl (C=O) groups excluding carboxylic acids is 2. The van der Waals surface area contributed by atoms with Crippen molar-refractivity contribution in [3.05, 3.63) is 84.6 Å². The summed E-state index contributed by atoms with van der Waals surface area (Å²) in [4.78, 5) is 40.2. The second kappa shape index (κ2) is 11.8. The first-order valence-electron chi connectivity index (χ1n) is 13.5. The van der Waals surface area contributed by atoms with E-state index in [9.17, 15) is 19.1 Å². The van der Waals surface area contributed by atoms with Gasteiger partial charge in [-0.3, -0.25) is 9.59 Å². The lowest BCUT2D eigenvalue weighted by atomic mass is 10.1. The maximum Gasteiger partial charge on any atom is 0.247 e. The first kappa shape index (κ1) is 28.2. The first-order valence-corrected chi connectivity index (χ1v) is 13.9. The summed E-state index contributed by atoms with van der Waals surface area (Å²) in [5, 5.41) is 21.7. The van der Waals surface area contributed by atoms with Crippen molar-refractivity contribution in [2.75, 3.05) is 17.2 Å². The van der Waals surface area contributed by atoms with E-state index in [0.717, 1.165) is 11.1 Å². The number of carbonyl (C=O) groups is 2. The summed E-state index contributed by atoms with van der Waals surface area (Å²) in [6, 6.07) is 9.46. The Balaban J connectivity index is 1.24. The number of aromatic nitrogens is 6. The van der Waals surface area contributed by atoms with Crippen molar-refractivity contribution in [1.29, 1.82) is 0 Å². The minimum absolute atomic E-state index is 0.139. The molecule has 1 aliphatic heterocycles. The zero-order valence-electron chi connectivity index (χ0n) is 22.9. The average Bonchev–Trinajstić information content (AvgIpc) is 3.73. The third-order valence-corrected chi connectivity index (χ3v) is 7.59. The zero-order chi connectivity index (χ0) is 30.1. The van der Waals surface area contributed by atoms with Crippen molar-refractivity contribution in [2.24, 2.45) is 0 Å². The second-order valence-corrected chi connectivity index (χ2v) is 10.6. The van der Waals surface area contributed by atoms with Gasteiger partial charge in [0.15, 0.2) is 0 Å². The van der Waals surface area contributed by atoms with E-state index < -0.39 is 30.1 Å². The van der Waals surface area contributed by atoms with Gasteiger partial charge in [-0.15, -0.1) is 0 Å². The zero-order valence-corrected chi connectivity index (χ0v) is 23.7. The van der Waals surface area contributed by atoms with Gasteiger partial charge in [0.05, 0.1) is 41.4 Å². The monoisotopic (exact) mass is 603 g/mol. The maximum absolute atomic E-state index is 14.7. The molecular weight excluding hydrogens is 577 g/mol. The van der Waals surface area contributed by atoms with Crippen LogP contribution in [-0.4, -0.2) is 69.9 Å². The molecular formula is C29H27ClFN9O3. The van der Waals surface area contributed by atoms with Crippen LogP contribution in [0.3, 0.4) is 0 Å². The largest absolute Gasteiger partial charge is 0.389 e. The van der Waals surface area contributed by atoms with Crippen LogP contribution in [0.4, 0.5) is 21.5 Å². The smallest absolute Gasteiger partial charge is 0.247 e. The molecule has 6 rings (SSSR count). The van der Waals surface area contributed by atoms with Crippen molar-refractivity contribution in [3.63, 3.8) is 0 Å². The first-order chi connectivity index (χ1) is 20.8. The Kier molecular flexibility index (Phi) is 7.74. The Labute approximate surface area is 250 Å². The van der Waals surface area contributed by atoms with Crippen molar-refractivity contribution >= 4 is 51.4 Å². The van der Waals surface area contributed by atoms with Gasteiger partial charge in [-0.05, 0) is 37.3 Å². The number of amides is 2. The standard InChI is InChI=1S/C29H27ClFN9O3/c1-17(41)22-12-38(25-6-5-19(8-21(22)25)36-20-9-32-14-33-10-20)13-27(42)39-11-18(31)7-26(39)29(43)37-24-4-2-3-23(30)28(24)40-16-34-15-35-40/h2-6,8-10,12,14-18,26,36,41H,7,11,13H2,1H3,(H,37,43)/t17?,18-,26+/m1/s1. The Hall–Kier alpha value is -4.88. The Morgan fingerprint density at radius 1 is 1.14 bits per heavy atom. The molecule has 0 radical (unpaired) electrons. The van der Waals surface area contributed by atoms with E-state index >= 15 is 0 Å². The molecule has 0 aliphatic carbocycles. The van der Waals surface area contributed by atoms with Gasteiger partial charge in [-0.2, -0.15) is 5.10 Å². The minimum Gasteiger partial charge on any atom is -0.389 e. The maximum atomic E-state index is 14.7. The summed E-state index contributed by atoms with van der Waals surface area (Å²) in [5.41, 5.74) is 3.52. The van der Waals surface area contributed by atoms with Crippen LogP contribution in [0.5, 0.6) is 0 Å². The molecule has 0 saturated carbocycles. The molecule has 4 heterocycles. The third-order valence-electron chi connectivity index (χ3n) is 7.28. The highest BCUT2D eigenvalue weighted by atomic mass is 35.5. The van der Waals surface area contributed by atoms with Crippen molar-refractivity contribution in [2.45, 2.75) is 38.2 Å². The molecule has 3 aromatic heterocycles. The normalized spacial score (nSPS) is 17.3. The highest BCUT2D eigenvalue weighted by Crippen LogP contribution is 2.32. The van der Waals surface area contributed by atoms with Crippen LogP contribution in [0.1, 0.15) is 25.0 Å². The van der Waals surface area contributed by atoms with Crippen LogP contribution in [0.15, 0.2) is 74.0 Å². The van der Waals surface area contributed by atoms with Gasteiger partial charge < -0.3 is 25.2 Å². The number of benzene rings is 2. The Morgan fingerprint density at radius 2 is 1.95 bits per heavy atom. The summed E-state index contributed by atoms with van der Waals surface area (Å²) in [7, 11) is 0. The van der Waals surface area contributed by atoms with E-state index in [1.165, 1.54) is 28.6 Å². The minimum atomic E-state index is -1.36. The van der Waals surface area contributed by atoms with Gasteiger partial charge in [0, 0.05) is 34.8 Å². The lowest BCUT2D eigenvalue weighted by Crippen LogP contribution is -2.44. The fourth-order valence-corrected chi connectivity index (χ4v) is 5.59. The molecule has 3 N–H and O–H groups in total. The number of likely N-dealkylation sites (tertiary alicyclic amines) is 1. The molecule has 5 aromatic rings. The summed E-state index contributed by atoms with van der Waals surface area (Å²) in [6.45, 7) is 1.28. The van der Waals surface area contributed by atoms with E-state index in [0.29, 0.717) is 33.2 Å². The average molecular weight is 604 g/mol. The van der Waals surface area contributed by atoms with E-state index in [1.54, 1.807) is 48.3 Å². The van der Waals surface area contributed by atoms with Gasteiger partial charge in [0.1, 0.15) is 43.4 Å². The molecule has 12 nitrogen and oxygen atoms in total. The number of fused-ring (bicyclic) bond motifs is 1. The number of anilines is 3. The molecule has 1 aliphatic rings. The molecule has 1 unspecified atom stereocenters. The Morgan fingerprint density at radius 3 is 2.70 bits per heavy atom. The quantitative estimate of drug-likeness (QED) is 0.241. The van der Waals surface area contributed by atoms with Gasteiger partial charge in [-0.1, -0.05) is 17.7 Å². The predicted molar refractivity (Wildman–Crippen MR) is 158 cm³/mol. The van der Waals surface area contributed by atoms with Crippen molar-refractivity contribution < 1.29 is 19.1 Å². The molecule has 220 valence electrons. The number of nitrogens with one attached hydrogen (secondary N) is 2. The summed E-state index contributed by atoms with van der Waals surface area (Å²) in [6.07, 6.45) is 6.88. The number of halogens is 2. The van der Waals surface area contributed by atoms with Crippen LogP contribution < -0.4 is 10.6 Å². The fourth-order valence-electron chi connectivity index (χ4n) is 5.33. The highest BCUT2D eigenvalue weighted by molar-refractivity contribution is 6.33. The van der Waals surface area contributed by atoms with Gasteiger partial charge in [0.25, 0.3) is 0 Å². The van der Waals surface area contributed by atoms with Crippen molar-refractivity contribution in [1.82, 2.24) is 34.2 Å². The number of nitrogens with zero attached hydrogens (tertiary/aromatic N) is 7. The number of para-hydroxylation sites is 1. The SMILES string of the molecule is CC(O)c1cn(CC(=O)N2C[C@H](F)C[C@H]2C(=O)Nc2cccc(Cl)c2-n2cncn2)c2ccc(Nc3cncnc3)cc12. The third kappa shape index (κ3) is 5.76. The topological polar surface area (TPSA) is 143 Å². The van der Waals surface area contributed by atoms with E-state index in [-0.39, 0.29) is 19.5 Å². The van der Waals surface area contributed by atoms with Crippen LogP contribution in [0.25, 0.3) is 16.6 Å². The van der Waals surface area contributed by atoms with Crippen LogP contribution in [0.2, 0.25) is 5.02 Å². The number of hydrogen-bond donors (Lipinski definition) is 3. The molecule has 0 spiro atoms. The van der Waals surface area contributed by atoms with Crippen molar-refractivity contribution in [3.8, 4) is 5.69 Å². The molecule has 1 fully saturated rings. The van der Waals surface area contributed by atoms with Gasteiger partial charge in [-0.25, -0.2) is 24.0 Å². The Bertz CT molecular complexity index is 1780. The number of rotatable bonds is 8. The van der Waals surface area contributed by atoms with E-state index in [1.807, 2.05) is 18.2 Å². The molecule has 43 heavy (non-hydrogen) atoms. The summed E-state index contributed by atoms with van der Waals surface area (Å²) in [5.74, 6) is -0.972. The van der Waals surface area contributed by atoms with Crippen LogP contribution in [-0.2, 0) is 16.1 Å². The van der Waals surface area contributed by atoms with E-state index in [2.05, 4.69) is 30.7 Å². The molecule has 1 saturated heterocycles. The fraction of sp³-hybridized carbons (Fsp3) is 0.241. The molecule has 2 aromatic carbocycles.